The summed E-state index contributed by atoms with van der Waals surface area (Å²) in [5.41, 5.74) is 1.97. The smallest absolute Gasteiger partial charge is 0.327 e. The molecule has 0 aromatic rings. The molecule has 0 spiro atoms. The van der Waals surface area contributed by atoms with Crippen LogP contribution in [0.3, 0.4) is 0 Å². The molecule has 0 aromatic heterocycles. The second-order valence-corrected chi connectivity index (χ2v) is 19.0. The summed E-state index contributed by atoms with van der Waals surface area (Å²) in [6.07, 6.45) is 13.8. The Morgan fingerprint density at radius 2 is 0.833 bits per heavy atom. The monoisotopic (exact) mass is 378 g/mol. The first kappa shape index (κ1) is 17.2. The molecule has 3 saturated carbocycles. The van der Waals surface area contributed by atoms with Crippen molar-refractivity contribution in [1.29, 1.82) is 0 Å². The first-order valence-corrected chi connectivity index (χ1v) is 15.9. The lowest BCUT2D eigenvalue weighted by Crippen LogP contribution is -2.70. The van der Waals surface area contributed by atoms with Crippen molar-refractivity contribution < 1.29 is 12.3 Å². The van der Waals surface area contributed by atoms with Gasteiger partial charge in [0.05, 0.1) is 0 Å². The largest absolute Gasteiger partial charge is 0.415 e. The van der Waals surface area contributed by atoms with E-state index in [0.29, 0.717) is 16.6 Å². The van der Waals surface area contributed by atoms with E-state index in [-0.39, 0.29) is 0 Å². The van der Waals surface area contributed by atoms with Crippen LogP contribution in [0.2, 0.25) is 34.8 Å². The van der Waals surface area contributed by atoms with Crippen LogP contribution in [0.1, 0.15) is 38.5 Å². The standard InChI is InChI=1S/C18H30O3Si3/c1-4-13-22(16-7-8-16)19-23(14-5-2,17-9-10-17)21-24(20-22,15-6-3)18-11-12-18/h4-6,16-18H,1-3,7-15H2. The zero-order chi connectivity index (χ0) is 16.8. The van der Waals surface area contributed by atoms with Gasteiger partial charge in [0.25, 0.3) is 0 Å². The molecule has 1 heterocycles. The number of rotatable bonds is 9. The van der Waals surface area contributed by atoms with Crippen LogP contribution in [0.25, 0.3) is 0 Å². The normalized spacial score (nSPS) is 42.5. The maximum absolute atomic E-state index is 7.06. The quantitative estimate of drug-likeness (QED) is 0.396. The van der Waals surface area contributed by atoms with E-state index >= 15 is 0 Å². The Bertz CT molecular complexity index is 456. The predicted molar refractivity (Wildman–Crippen MR) is 104 cm³/mol. The average Bonchev–Trinajstić information content (AvgIpc) is 3.44. The van der Waals surface area contributed by atoms with Crippen molar-refractivity contribution in [3.8, 4) is 0 Å². The fourth-order valence-corrected chi connectivity index (χ4v) is 24.4. The van der Waals surface area contributed by atoms with Crippen molar-refractivity contribution in [3.05, 3.63) is 38.0 Å². The van der Waals surface area contributed by atoms with E-state index in [1.807, 2.05) is 0 Å². The maximum Gasteiger partial charge on any atom is 0.327 e. The third-order valence-electron chi connectivity index (χ3n) is 5.92. The molecule has 4 rings (SSSR count). The summed E-state index contributed by atoms with van der Waals surface area (Å²) in [6, 6.07) is 2.79. The van der Waals surface area contributed by atoms with Crippen LogP contribution in [0.5, 0.6) is 0 Å². The molecule has 0 amide bonds. The van der Waals surface area contributed by atoms with E-state index in [9.17, 15) is 0 Å². The Kier molecular flexibility index (Phi) is 4.42. The van der Waals surface area contributed by atoms with Gasteiger partial charge in [0, 0.05) is 34.8 Å². The molecule has 1 aliphatic heterocycles. The lowest BCUT2D eigenvalue weighted by atomic mass is 10.8. The molecule has 0 bridgehead atoms. The first-order chi connectivity index (χ1) is 11.6. The van der Waals surface area contributed by atoms with Gasteiger partial charge in [-0.1, -0.05) is 18.2 Å². The van der Waals surface area contributed by atoms with Gasteiger partial charge in [-0.05, 0) is 38.5 Å². The molecule has 0 radical (unpaired) electrons. The van der Waals surface area contributed by atoms with Gasteiger partial charge in [0.1, 0.15) is 0 Å². The number of hydrogen-bond donors (Lipinski definition) is 0. The summed E-state index contributed by atoms with van der Waals surface area (Å²) in [7, 11) is -6.76. The van der Waals surface area contributed by atoms with E-state index in [1.165, 1.54) is 38.5 Å². The second-order valence-electron chi connectivity index (χ2n) is 8.04. The summed E-state index contributed by atoms with van der Waals surface area (Å²) < 4.78 is 21.2. The minimum Gasteiger partial charge on any atom is -0.415 e. The highest BCUT2D eigenvalue weighted by Gasteiger charge is 2.71. The van der Waals surface area contributed by atoms with Gasteiger partial charge in [0.15, 0.2) is 0 Å². The highest BCUT2D eigenvalue weighted by molar-refractivity contribution is 6.97. The predicted octanol–water partition coefficient (Wildman–Crippen LogP) is 5.43. The van der Waals surface area contributed by atoms with Crippen LogP contribution in [0, 0.1) is 0 Å². The van der Waals surface area contributed by atoms with E-state index in [1.54, 1.807) is 0 Å². The summed E-state index contributed by atoms with van der Waals surface area (Å²) >= 11 is 0. The van der Waals surface area contributed by atoms with Crippen LogP contribution in [-0.2, 0) is 12.3 Å². The molecular formula is C18H30O3Si3. The van der Waals surface area contributed by atoms with Crippen molar-refractivity contribution in [1.82, 2.24) is 0 Å². The van der Waals surface area contributed by atoms with Crippen LogP contribution in [0.15, 0.2) is 38.0 Å². The van der Waals surface area contributed by atoms with E-state index in [0.717, 1.165) is 18.1 Å². The maximum atomic E-state index is 7.06. The van der Waals surface area contributed by atoms with Gasteiger partial charge in [-0.2, -0.15) is 0 Å². The second kappa shape index (κ2) is 6.17. The lowest BCUT2D eigenvalue weighted by molar-refractivity contribution is 0.209. The Hall–Kier alpha value is -0.249. The Labute approximate surface area is 149 Å². The lowest BCUT2D eigenvalue weighted by Gasteiger charge is -2.54. The van der Waals surface area contributed by atoms with E-state index < -0.39 is 25.7 Å². The Morgan fingerprint density at radius 3 is 1.00 bits per heavy atom. The SMILES string of the molecule is C=CC[Si]1(C2CC2)O[Si](CC=C)(C2CC2)O[Si](CC=C)(C2CC2)O1. The first-order valence-electron chi connectivity index (χ1n) is 9.55. The zero-order valence-electron chi connectivity index (χ0n) is 14.7. The van der Waals surface area contributed by atoms with Crippen LogP contribution < -0.4 is 0 Å². The Balaban J connectivity index is 1.76. The van der Waals surface area contributed by atoms with Gasteiger partial charge in [-0.15, -0.1) is 19.7 Å². The van der Waals surface area contributed by atoms with Gasteiger partial charge in [-0.25, -0.2) is 0 Å². The molecule has 4 fully saturated rings. The molecule has 1 saturated heterocycles. The summed E-state index contributed by atoms with van der Waals surface area (Å²) in [5.74, 6) is 0. The minimum absolute atomic E-state index is 0.658. The highest BCUT2D eigenvalue weighted by atomic mass is 28.5. The zero-order valence-corrected chi connectivity index (χ0v) is 17.7. The molecule has 3 nitrogen and oxygen atoms in total. The minimum atomic E-state index is -2.25. The average molecular weight is 379 g/mol. The molecule has 0 N–H and O–H groups in total. The molecule has 6 heteroatoms. The summed E-state index contributed by atoms with van der Waals surface area (Å²) in [4.78, 5) is 0. The van der Waals surface area contributed by atoms with Crippen molar-refractivity contribution in [2.75, 3.05) is 0 Å². The Morgan fingerprint density at radius 1 is 0.583 bits per heavy atom. The van der Waals surface area contributed by atoms with E-state index in [2.05, 4.69) is 38.0 Å². The number of allylic oxidation sites excluding steroid dienone is 3. The van der Waals surface area contributed by atoms with Gasteiger partial charge in [0.2, 0.25) is 0 Å². The summed E-state index contributed by atoms with van der Waals surface area (Å²) in [5, 5.41) is 0. The summed E-state index contributed by atoms with van der Waals surface area (Å²) in [6.45, 7) is 12.1. The highest BCUT2D eigenvalue weighted by Crippen LogP contribution is 2.62. The molecule has 24 heavy (non-hydrogen) atoms. The van der Waals surface area contributed by atoms with Gasteiger partial charge >= 0.3 is 25.7 Å². The van der Waals surface area contributed by atoms with Gasteiger partial charge < -0.3 is 12.3 Å². The third kappa shape index (κ3) is 2.91. The van der Waals surface area contributed by atoms with Crippen molar-refractivity contribution in [3.63, 3.8) is 0 Å². The number of hydrogen-bond acceptors (Lipinski definition) is 3. The van der Waals surface area contributed by atoms with E-state index in [4.69, 9.17) is 12.3 Å². The molecule has 0 atom stereocenters. The van der Waals surface area contributed by atoms with Crippen LogP contribution >= 0.6 is 0 Å². The molecule has 0 unspecified atom stereocenters. The third-order valence-corrected chi connectivity index (χ3v) is 22.3. The molecule has 132 valence electrons. The van der Waals surface area contributed by atoms with Crippen molar-refractivity contribution in [2.24, 2.45) is 0 Å². The van der Waals surface area contributed by atoms with Crippen LogP contribution in [0.4, 0.5) is 0 Å². The van der Waals surface area contributed by atoms with Gasteiger partial charge in [-0.3, -0.25) is 0 Å². The fraction of sp³-hybridized carbons (Fsp3) is 0.667. The van der Waals surface area contributed by atoms with Crippen molar-refractivity contribution >= 4 is 25.7 Å². The molecule has 4 aliphatic rings. The molecule has 3 aliphatic carbocycles. The van der Waals surface area contributed by atoms with Crippen LogP contribution in [-0.4, -0.2) is 25.7 Å². The molecule has 0 aromatic carbocycles. The van der Waals surface area contributed by atoms with Crippen molar-refractivity contribution in [2.45, 2.75) is 73.3 Å². The fourth-order valence-electron chi connectivity index (χ4n) is 4.36. The topological polar surface area (TPSA) is 27.7 Å². The molecular weight excluding hydrogens is 348 g/mol.